The summed E-state index contributed by atoms with van der Waals surface area (Å²) >= 11 is 0. The zero-order valence-corrected chi connectivity index (χ0v) is 10.7. The lowest BCUT2D eigenvalue weighted by atomic mass is 9.95. The van der Waals surface area contributed by atoms with Crippen LogP contribution in [0, 0.1) is 5.82 Å². The van der Waals surface area contributed by atoms with Crippen LogP contribution in [0.4, 0.5) is 17.6 Å². The molecule has 1 aromatic heterocycles. The molecule has 0 bridgehead atoms. The highest BCUT2D eigenvalue weighted by molar-refractivity contribution is 5.38. The standard InChI is InChI=1S/C14H13F4NO/c1-2-19-13(9-5-6-20-8-9)11-7-10(15)3-4-12(11)14(16,17)18/h3-8,13,19H,2H2,1H3. The van der Waals surface area contributed by atoms with Crippen molar-refractivity contribution in [2.45, 2.75) is 19.1 Å². The zero-order chi connectivity index (χ0) is 14.8. The van der Waals surface area contributed by atoms with E-state index in [0.29, 0.717) is 12.1 Å². The second kappa shape index (κ2) is 5.66. The molecule has 1 atom stereocenters. The number of benzene rings is 1. The van der Waals surface area contributed by atoms with Gasteiger partial charge in [0, 0.05) is 5.56 Å². The minimum Gasteiger partial charge on any atom is -0.472 e. The third-order valence-corrected chi connectivity index (χ3v) is 2.91. The average molecular weight is 287 g/mol. The summed E-state index contributed by atoms with van der Waals surface area (Å²) in [6, 6.07) is 3.26. The number of alkyl halides is 3. The fraction of sp³-hybridized carbons (Fsp3) is 0.286. The minimum absolute atomic E-state index is 0.152. The summed E-state index contributed by atoms with van der Waals surface area (Å²) in [5.41, 5.74) is -0.491. The molecule has 0 saturated heterocycles. The smallest absolute Gasteiger partial charge is 0.416 e. The second-order valence-corrected chi connectivity index (χ2v) is 4.28. The van der Waals surface area contributed by atoms with Gasteiger partial charge in [-0.05, 0) is 36.4 Å². The fourth-order valence-electron chi connectivity index (χ4n) is 2.08. The Morgan fingerprint density at radius 3 is 2.55 bits per heavy atom. The summed E-state index contributed by atoms with van der Waals surface area (Å²) in [4.78, 5) is 0. The Kier molecular flexibility index (Phi) is 4.13. The van der Waals surface area contributed by atoms with Crippen LogP contribution in [0.1, 0.15) is 29.7 Å². The fourth-order valence-corrected chi connectivity index (χ4v) is 2.08. The number of hydrogen-bond acceptors (Lipinski definition) is 2. The van der Waals surface area contributed by atoms with Crippen molar-refractivity contribution >= 4 is 0 Å². The first-order chi connectivity index (χ1) is 9.43. The molecule has 2 nitrogen and oxygen atoms in total. The molecule has 2 rings (SSSR count). The summed E-state index contributed by atoms with van der Waals surface area (Å²) in [6.45, 7) is 2.20. The maximum absolute atomic E-state index is 13.4. The highest BCUT2D eigenvalue weighted by Crippen LogP contribution is 2.37. The highest BCUT2D eigenvalue weighted by Gasteiger charge is 2.35. The molecule has 0 fully saturated rings. The van der Waals surface area contributed by atoms with Crippen molar-refractivity contribution < 1.29 is 22.0 Å². The molecule has 0 amide bonds. The van der Waals surface area contributed by atoms with Crippen LogP contribution in [0.3, 0.4) is 0 Å². The lowest BCUT2D eigenvalue weighted by molar-refractivity contribution is -0.138. The number of halogens is 4. The van der Waals surface area contributed by atoms with Crippen LogP contribution < -0.4 is 5.32 Å². The maximum atomic E-state index is 13.4. The quantitative estimate of drug-likeness (QED) is 0.855. The van der Waals surface area contributed by atoms with Gasteiger partial charge in [-0.2, -0.15) is 13.2 Å². The van der Waals surface area contributed by atoms with E-state index in [1.165, 1.54) is 12.5 Å². The van der Waals surface area contributed by atoms with Crippen LogP contribution in [0.25, 0.3) is 0 Å². The van der Waals surface area contributed by atoms with Crippen LogP contribution >= 0.6 is 0 Å². The van der Waals surface area contributed by atoms with Gasteiger partial charge in [0.05, 0.1) is 24.1 Å². The largest absolute Gasteiger partial charge is 0.472 e. The van der Waals surface area contributed by atoms with Gasteiger partial charge in [-0.15, -0.1) is 0 Å². The van der Waals surface area contributed by atoms with E-state index >= 15 is 0 Å². The molecule has 1 N–H and O–H groups in total. The average Bonchev–Trinajstić information content (AvgIpc) is 2.87. The van der Waals surface area contributed by atoms with Gasteiger partial charge in [0.1, 0.15) is 5.82 Å². The predicted molar refractivity (Wildman–Crippen MR) is 65.6 cm³/mol. The molecule has 20 heavy (non-hydrogen) atoms. The van der Waals surface area contributed by atoms with E-state index in [0.717, 1.165) is 18.2 Å². The molecule has 2 aromatic rings. The van der Waals surface area contributed by atoms with Crippen molar-refractivity contribution in [3.63, 3.8) is 0 Å². The molecule has 1 heterocycles. The van der Waals surface area contributed by atoms with Crippen molar-refractivity contribution in [2.75, 3.05) is 6.54 Å². The third-order valence-electron chi connectivity index (χ3n) is 2.91. The normalized spacial score (nSPS) is 13.4. The van der Waals surface area contributed by atoms with E-state index in [-0.39, 0.29) is 5.56 Å². The Morgan fingerprint density at radius 1 is 1.25 bits per heavy atom. The van der Waals surface area contributed by atoms with Crippen LogP contribution in [0.15, 0.2) is 41.2 Å². The van der Waals surface area contributed by atoms with Gasteiger partial charge in [0.2, 0.25) is 0 Å². The van der Waals surface area contributed by atoms with Crippen LogP contribution in [0.5, 0.6) is 0 Å². The minimum atomic E-state index is -4.54. The van der Waals surface area contributed by atoms with E-state index in [2.05, 4.69) is 5.32 Å². The van der Waals surface area contributed by atoms with Crippen LogP contribution in [-0.2, 0) is 6.18 Å². The van der Waals surface area contributed by atoms with E-state index in [9.17, 15) is 17.6 Å². The number of rotatable bonds is 4. The number of nitrogens with one attached hydrogen (secondary N) is 1. The molecule has 0 aliphatic heterocycles. The predicted octanol–water partition coefficient (Wildman–Crippen LogP) is 4.14. The first-order valence-electron chi connectivity index (χ1n) is 6.05. The summed E-state index contributed by atoms with van der Waals surface area (Å²) in [7, 11) is 0. The molecular weight excluding hydrogens is 274 g/mol. The van der Waals surface area contributed by atoms with E-state index < -0.39 is 23.6 Å². The highest BCUT2D eigenvalue weighted by atomic mass is 19.4. The molecule has 0 aliphatic rings. The van der Waals surface area contributed by atoms with Crippen LogP contribution in [-0.4, -0.2) is 6.54 Å². The Labute approximate surface area is 113 Å². The van der Waals surface area contributed by atoms with Crippen molar-refractivity contribution in [2.24, 2.45) is 0 Å². The Hall–Kier alpha value is -1.82. The molecule has 1 aromatic carbocycles. The number of furan rings is 1. The summed E-state index contributed by atoms with van der Waals surface area (Å²) in [5, 5.41) is 2.91. The first-order valence-corrected chi connectivity index (χ1v) is 6.05. The van der Waals surface area contributed by atoms with Crippen molar-refractivity contribution in [3.05, 3.63) is 59.3 Å². The maximum Gasteiger partial charge on any atom is 0.416 e. The first kappa shape index (κ1) is 14.6. The molecule has 6 heteroatoms. The lowest BCUT2D eigenvalue weighted by Crippen LogP contribution is -2.25. The van der Waals surface area contributed by atoms with Gasteiger partial charge in [-0.3, -0.25) is 0 Å². The van der Waals surface area contributed by atoms with Crippen molar-refractivity contribution in [3.8, 4) is 0 Å². The Balaban J connectivity index is 2.55. The zero-order valence-electron chi connectivity index (χ0n) is 10.7. The van der Waals surface area contributed by atoms with Crippen molar-refractivity contribution in [1.82, 2.24) is 5.32 Å². The van der Waals surface area contributed by atoms with Crippen molar-refractivity contribution in [1.29, 1.82) is 0 Å². The van der Waals surface area contributed by atoms with Gasteiger partial charge < -0.3 is 9.73 Å². The summed E-state index contributed by atoms with van der Waals surface area (Å²) < 4.78 is 57.4. The van der Waals surface area contributed by atoms with Gasteiger partial charge in [-0.25, -0.2) is 4.39 Å². The molecular formula is C14H13F4NO. The number of hydrogen-bond donors (Lipinski definition) is 1. The van der Waals surface area contributed by atoms with Gasteiger partial charge >= 0.3 is 6.18 Å². The van der Waals surface area contributed by atoms with E-state index in [1.807, 2.05) is 0 Å². The van der Waals surface area contributed by atoms with E-state index in [4.69, 9.17) is 4.42 Å². The Morgan fingerprint density at radius 2 is 2.00 bits per heavy atom. The second-order valence-electron chi connectivity index (χ2n) is 4.28. The monoisotopic (exact) mass is 287 g/mol. The SMILES string of the molecule is CCNC(c1ccoc1)c1cc(F)ccc1C(F)(F)F. The molecule has 108 valence electrons. The van der Waals surface area contributed by atoms with E-state index in [1.54, 1.807) is 13.0 Å². The van der Waals surface area contributed by atoms with Gasteiger partial charge in [-0.1, -0.05) is 6.92 Å². The lowest BCUT2D eigenvalue weighted by Gasteiger charge is -2.21. The summed E-state index contributed by atoms with van der Waals surface area (Å²) in [6.07, 6.45) is -1.83. The van der Waals surface area contributed by atoms with Gasteiger partial charge in [0.15, 0.2) is 0 Å². The Bertz CT molecular complexity index is 563. The molecule has 1 unspecified atom stereocenters. The van der Waals surface area contributed by atoms with Crippen LogP contribution in [0.2, 0.25) is 0 Å². The molecule has 0 radical (unpaired) electrons. The molecule has 0 saturated carbocycles. The van der Waals surface area contributed by atoms with Gasteiger partial charge in [0.25, 0.3) is 0 Å². The molecule has 0 aliphatic carbocycles. The topological polar surface area (TPSA) is 25.2 Å². The third kappa shape index (κ3) is 3.01. The summed E-state index contributed by atoms with van der Waals surface area (Å²) in [5.74, 6) is -0.709. The molecule has 0 spiro atoms.